The summed E-state index contributed by atoms with van der Waals surface area (Å²) in [5, 5.41) is 4.29. The number of aryl methyl sites for hydroxylation is 1. The van der Waals surface area contributed by atoms with Crippen LogP contribution in [0.1, 0.15) is 5.69 Å². The third-order valence-electron chi connectivity index (χ3n) is 3.64. The molecule has 0 amide bonds. The highest BCUT2D eigenvalue weighted by atomic mass is 35.5. The van der Waals surface area contributed by atoms with Crippen molar-refractivity contribution < 1.29 is 0 Å². The molecule has 25 heavy (non-hydrogen) atoms. The monoisotopic (exact) mass is 370 g/mol. The summed E-state index contributed by atoms with van der Waals surface area (Å²) in [5.74, 6) is 1.93. The second-order valence-corrected chi connectivity index (χ2v) is 6.28. The van der Waals surface area contributed by atoms with Crippen molar-refractivity contribution >= 4 is 45.9 Å². The van der Waals surface area contributed by atoms with Crippen LogP contribution in [-0.2, 0) is 0 Å². The molecule has 0 atom stereocenters. The van der Waals surface area contributed by atoms with E-state index in [1.54, 1.807) is 18.3 Å². The second-order valence-electron chi connectivity index (χ2n) is 5.43. The van der Waals surface area contributed by atoms with E-state index >= 15 is 0 Å². The predicted molar refractivity (Wildman–Crippen MR) is 99.4 cm³/mol. The van der Waals surface area contributed by atoms with Crippen LogP contribution < -0.4 is 5.32 Å². The van der Waals surface area contributed by atoms with Crippen molar-refractivity contribution in [2.75, 3.05) is 5.32 Å². The van der Waals surface area contributed by atoms with Crippen LogP contribution in [-0.4, -0.2) is 24.9 Å². The summed E-state index contributed by atoms with van der Waals surface area (Å²) in [6.45, 7) is 1.90. The second kappa shape index (κ2) is 6.31. The fourth-order valence-electron chi connectivity index (χ4n) is 2.48. The molecule has 4 aromatic rings. The van der Waals surface area contributed by atoms with Crippen molar-refractivity contribution in [1.82, 2.24) is 24.9 Å². The maximum Gasteiger partial charge on any atom is 0.157 e. The molecule has 0 aliphatic rings. The first-order valence-electron chi connectivity index (χ1n) is 7.46. The van der Waals surface area contributed by atoms with Crippen molar-refractivity contribution in [3.05, 3.63) is 58.6 Å². The van der Waals surface area contributed by atoms with E-state index in [1.165, 1.54) is 6.33 Å². The zero-order valence-corrected chi connectivity index (χ0v) is 14.6. The molecule has 1 aromatic carbocycles. The largest absolute Gasteiger partial charge is 0.335 e. The van der Waals surface area contributed by atoms with Gasteiger partial charge in [-0.3, -0.25) is 0 Å². The van der Waals surface area contributed by atoms with Gasteiger partial charge in [-0.1, -0.05) is 23.2 Å². The average molecular weight is 371 g/mol. The molecule has 4 rings (SSSR count). The van der Waals surface area contributed by atoms with Gasteiger partial charge in [0.2, 0.25) is 0 Å². The van der Waals surface area contributed by atoms with Crippen LogP contribution in [0, 0.1) is 6.92 Å². The number of hydrogen-bond donors (Lipinski definition) is 2. The van der Waals surface area contributed by atoms with Gasteiger partial charge in [0.25, 0.3) is 0 Å². The minimum absolute atomic E-state index is 0.528. The number of H-pyrrole nitrogens is 1. The Hall–Kier alpha value is -2.70. The molecule has 0 aliphatic carbocycles. The normalized spacial score (nSPS) is 11.0. The highest BCUT2D eigenvalue weighted by molar-refractivity contribution is 6.36. The lowest BCUT2D eigenvalue weighted by molar-refractivity contribution is 1.10. The first-order chi connectivity index (χ1) is 12.1. The van der Waals surface area contributed by atoms with Crippen LogP contribution in [0.3, 0.4) is 0 Å². The topological polar surface area (TPSA) is 79.4 Å². The Morgan fingerprint density at radius 2 is 1.92 bits per heavy atom. The highest BCUT2D eigenvalue weighted by Gasteiger charge is 2.13. The van der Waals surface area contributed by atoms with Gasteiger partial charge >= 0.3 is 0 Å². The van der Waals surface area contributed by atoms with Crippen LogP contribution in [0.5, 0.6) is 0 Å². The number of nitrogens with zero attached hydrogens (tertiary/aromatic N) is 4. The molecule has 0 saturated carbocycles. The molecule has 3 aromatic heterocycles. The van der Waals surface area contributed by atoms with Gasteiger partial charge in [-0.25, -0.2) is 19.9 Å². The van der Waals surface area contributed by atoms with Gasteiger partial charge < -0.3 is 10.3 Å². The summed E-state index contributed by atoms with van der Waals surface area (Å²) >= 11 is 12.3. The zero-order chi connectivity index (χ0) is 17.4. The molecule has 0 spiro atoms. The van der Waals surface area contributed by atoms with Crippen molar-refractivity contribution in [1.29, 1.82) is 0 Å². The summed E-state index contributed by atoms with van der Waals surface area (Å²) in [4.78, 5) is 20.5. The quantitative estimate of drug-likeness (QED) is 0.542. The zero-order valence-electron chi connectivity index (χ0n) is 13.1. The summed E-state index contributed by atoms with van der Waals surface area (Å²) < 4.78 is 0. The van der Waals surface area contributed by atoms with E-state index in [1.807, 2.05) is 25.1 Å². The fourth-order valence-corrected chi connectivity index (χ4v) is 2.98. The van der Waals surface area contributed by atoms with E-state index in [0.29, 0.717) is 27.5 Å². The molecular formula is C17H12Cl2N6. The van der Waals surface area contributed by atoms with Crippen molar-refractivity contribution in [3.63, 3.8) is 0 Å². The highest BCUT2D eigenvalue weighted by Crippen LogP contribution is 2.31. The molecule has 8 heteroatoms. The predicted octanol–water partition coefficient (Wildman–Crippen LogP) is 4.77. The fraction of sp³-hybridized carbons (Fsp3) is 0.0588. The number of benzene rings is 1. The van der Waals surface area contributed by atoms with Crippen LogP contribution in [0.25, 0.3) is 22.4 Å². The van der Waals surface area contributed by atoms with Crippen LogP contribution in [0.2, 0.25) is 10.0 Å². The summed E-state index contributed by atoms with van der Waals surface area (Å²) in [6, 6.07) is 8.96. The Morgan fingerprint density at radius 3 is 2.72 bits per heavy atom. The van der Waals surface area contributed by atoms with Gasteiger partial charge in [0.1, 0.15) is 23.5 Å². The standard InChI is InChI=1S/C17H12Cl2N6/c1-9-6-14(22-8-21-9)24-17-15-13(4-5-20-17)23-16(25-15)11-3-2-10(18)7-12(11)19/h2-8H,1H3,(H,23,25)(H,20,21,22,24). The molecule has 6 nitrogen and oxygen atoms in total. The maximum atomic E-state index is 6.29. The van der Waals surface area contributed by atoms with E-state index in [2.05, 4.69) is 30.2 Å². The van der Waals surface area contributed by atoms with Gasteiger partial charge in [-0.2, -0.15) is 0 Å². The molecule has 0 bridgehead atoms. The van der Waals surface area contributed by atoms with Crippen LogP contribution in [0.15, 0.2) is 42.9 Å². The molecule has 0 radical (unpaired) electrons. The van der Waals surface area contributed by atoms with Gasteiger partial charge in [-0.15, -0.1) is 0 Å². The molecule has 0 unspecified atom stereocenters. The molecule has 0 aliphatic heterocycles. The summed E-state index contributed by atoms with van der Waals surface area (Å²) in [6.07, 6.45) is 3.19. The third kappa shape index (κ3) is 3.14. The first-order valence-corrected chi connectivity index (χ1v) is 8.21. The number of rotatable bonds is 3. The smallest absolute Gasteiger partial charge is 0.157 e. The maximum absolute atomic E-state index is 6.29. The lowest BCUT2D eigenvalue weighted by atomic mass is 10.2. The number of hydrogen-bond acceptors (Lipinski definition) is 5. The first kappa shape index (κ1) is 15.8. The van der Waals surface area contributed by atoms with E-state index in [-0.39, 0.29) is 0 Å². The van der Waals surface area contributed by atoms with Gasteiger partial charge in [0, 0.05) is 28.5 Å². The van der Waals surface area contributed by atoms with E-state index in [0.717, 1.165) is 22.3 Å². The van der Waals surface area contributed by atoms with Crippen molar-refractivity contribution in [2.24, 2.45) is 0 Å². The molecular weight excluding hydrogens is 359 g/mol. The number of aromatic nitrogens is 5. The Balaban J connectivity index is 1.78. The van der Waals surface area contributed by atoms with Crippen LogP contribution >= 0.6 is 23.2 Å². The number of anilines is 2. The van der Waals surface area contributed by atoms with E-state index in [9.17, 15) is 0 Å². The van der Waals surface area contributed by atoms with Crippen molar-refractivity contribution in [2.45, 2.75) is 6.92 Å². The number of pyridine rings is 1. The molecule has 0 fully saturated rings. The molecule has 3 heterocycles. The Labute approximate surface area is 153 Å². The minimum atomic E-state index is 0.528. The Bertz CT molecular complexity index is 1080. The Morgan fingerprint density at radius 1 is 1.04 bits per heavy atom. The number of aromatic amines is 1. The number of nitrogens with one attached hydrogen (secondary N) is 2. The minimum Gasteiger partial charge on any atom is -0.335 e. The van der Waals surface area contributed by atoms with Gasteiger partial charge in [0.15, 0.2) is 5.82 Å². The van der Waals surface area contributed by atoms with E-state index in [4.69, 9.17) is 23.2 Å². The number of fused-ring (bicyclic) bond motifs is 1. The lowest BCUT2D eigenvalue weighted by Gasteiger charge is -2.05. The average Bonchev–Trinajstić information content (AvgIpc) is 3.00. The summed E-state index contributed by atoms with van der Waals surface area (Å²) in [7, 11) is 0. The van der Waals surface area contributed by atoms with Crippen LogP contribution in [0.4, 0.5) is 11.6 Å². The van der Waals surface area contributed by atoms with E-state index < -0.39 is 0 Å². The molecule has 0 saturated heterocycles. The summed E-state index contributed by atoms with van der Waals surface area (Å²) in [5.41, 5.74) is 3.16. The van der Waals surface area contributed by atoms with Crippen molar-refractivity contribution in [3.8, 4) is 11.4 Å². The number of imidazole rings is 1. The molecule has 2 N–H and O–H groups in total. The lowest BCUT2D eigenvalue weighted by Crippen LogP contribution is -1.98. The SMILES string of the molecule is Cc1cc(Nc2nccc3nc(-c4ccc(Cl)cc4Cl)[nH]c23)ncn1. The Kier molecular flexibility index (Phi) is 3.99. The van der Waals surface area contributed by atoms with Gasteiger partial charge in [0.05, 0.1) is 10.5 Å². The third-order valence-corrected chi connectivity index (χ3v) is 4.19. The molecule has 124 valence electrons. The number of halogens is 2. The van der Waals surface area contributed by atoms with Gasteiger partial charge in [-0.05, 0) is 31.2 Å².